The summed E-state index contributed by atoms with van der Waals surface area (Å²) in [5.74, 6) is 1.00. The Hall–Kier alpha value is -2.38. The lowest BCUT2D eigenvalue weighted by Crippen LogP contribution is -2.42. The molecule has 1 saturated heterocycles. The quantitative estimate of drug-likeness (QED) is 0.778. The molecule has 6 nitrogen and oxygen atoms in total. The van der Waals surface area contributed by atoms with E-state index in [0.717, 1.165) is 6.42 Å². The molecule has 1 aliphatic rings. The molecule has 0 saturated carbocycles. The number of hydrogen-bond donors (Lipinski definition) is 1. The molecular weight excluding hydrogens is 388 g/mol. The van der Waals surface area contributed by atoms with Crippen LogP contribution >= 0.6 is 0 Å². The highest BCUT2D eigenvalue weighted by atomic mass is 32.2. The first-order valence-corrected chi connectivity index (χ1v) is 11.3. The monoisotopic (exact) mass is 416 g/mol. The number of anilines is 1. The molecule has 1 heterocycles. The van der Waals surface area contributed by atoms with Gasteiger partial charge in [-0.3, -0.25) is 4.79 Å². The second-order valence-corrected chi connectivity index (χ2v) is 9.79. The van der Waals surface area contributed by atoms with Gasteiger partial charge in [0.2, 0.25) is 10.0 Å². The first-order chi connectivity index (χ1) is 13.8. The van der Waals surface area contributed by atoms with E-state index < -0.39 is 16.1 Å². The van der Waals surface area contributed by atoms with Crippen LogP contribution in [0.4, 0.5) is 5.69 Å². The van der Waals surface area contributed by atoms with E-state index >= 15 is 0 Å². The molecule has 0 spiro atoms. The van der Waals surface area contributed by atoms with Crippen LogP contribution in [-0.4, -0.2) is 37.8 Å². The SMILES string of the molecule is C[C@H]1C[C@H](C)CN(S(=O)(=O)c2ccc(NC(=O)[C@@H](C)Oc3ccccc3)cc2)C1. The molecule has 2 aromatic carbocycles. The number of para-hydroxylation sites is 1. The number of ether oxygens (including phenoxy) is 1. The molecule has 0 aromatic heterocycles. The minimum Gasteiger partial charge on any atom is -0.481 e. The summed E-state index contributed by atoms with van der Waals surface area (Å²) in [7, 11) is -3.53. The van der Waals surface area contributed by atoms with E-state index in [0.29, 0.717) is 36.4 Å². The van der Waals surface area contributed by atoms with Gasteiger partial charge in [-0.05, 0) is 61.6 Å². The van der Waals surface area contributed by atoms with Gasteiger partial charge in [-0.2, -0.15) is 4.31 Å². The number of amides is 1. The Balaban J connectivity index is 1.64. The lowest BCUT2D eigenvalue weighted by Gasteiger charge is -2.34. The third-order valence-electron chi connectivity index (χ3n) is 5.02. The normalized spacial score (nSPS) is 21.3. The molecule has 0 aliphatic carbocycles. The third kappa shape index (κ3) is 5.36. The smallest absolute Gasteiger partial charge is 0.265 e. The second kappa shape index (κ2) is 8.97. The molecule has 0 bridgehead atoms. The van der Waals surface area contributed by atoms with Crippen molar-refractivity contribution in [3.05, 3.63) is 54.6 Å². The molecule has 1 fully saturated rings. The number of hydrogen-bond acceptors (Lipinski definition) is 4. The van der Waals surface area contributed by atoms with Crippen molar-refractivity contribution in [3.63, 3.8) is 0 Å². The minimum absolute atomic E-state index is 0.241. The van der Waals surface area contributed by atoms with Gasteiger partial charge < -0.3 is 10.1 Å². The Labute approximate surface area is 172 Å². The van der Waals surface area contributed by atoms with Crippen LogP contribution in [0.1, 0.15) is 27.2 Å². The predicted molar refractivity (Wildman–Crippen MR) is 113 cm³/mol. The van der Waals surface area contributed by atoms with E-state index in [9.17, 15) is 13.2 Å². The van der Waals surface area contributed by atoms with Gasteiger partial charge in [0, 0.05) is 18.8 Å². The van der Waals surface area contributed by atoms with Gasteiger partial charge in [0.05, 0.1) is 4.90 Å². The van der Waals surface area contributed by atoms with Gasteiger partial charge in [0.15, 0.2) is 6.10 Å². The van der Waals surface area contributed by atoms with Gasteiger partial charge in [-0.25, -0.2) is 8.42 Å². The van der Waals surface area contributed by atoms with Crippen LogP contribution in [0.5, 0.6) is 5.75 Å². The maximum Gasteiger partial charge on any atom is 0.265 e. The zero-order chi connectivity index (χ0) is 21.0. The lowest BCUT2D eigenvalue weighted by atomic mass is 9.94. The van der Waals surface area contributed by atoms with Crippen molar-refractivity contribution < 1.29 is 17.9 Å². The van der Waals surface area contributed by atoms with Crippen molar-refractivity contribution in [2.24, 2.45) is 11.8 Å². The van der Waals surface area contributed by atoms with Gasteiger partial charge in [0.25, 0.3) is 5.91 Å². The Morgan fingerprint density at radius 2 is 1.62 bits per heavy atom. The summed E-state index contributed by atoms with van der Waals surface area (Å²) in [5, 5.41) is 2.76. The van der Waals surface area contributed by atoms with Crippen molar-refractivity contribution in [2.75, 3.05) is 18.4 Å². The number of nitrogens with one attached hydrogen (secondary N) is 1. The summed E-state index contributed by atoms with van der Waals surface area (Å²) < 4.78 is 33.1. The summed E-state index contributed by atoms with van der Waals surface area (Å²) in [5.41, 5.74) is 0.526. The molecule has 3 atom stereocenters. The molecule has 29 heavy (non-hydrogen) atoms. The summed E-state index contributed by atoms with van der Waals surface area (Å²) in [6, 6.07) is 15.4. The number of benzene rings is 2. The van der Waals surface area contributed by atoms with E-state index in [1.807, 2.05) is 18.2 Å². The molecule has 0 unspecified atom stereocenters. The molecule has 7 heteroatoms. The average Bonchev–Trinajstić information content (AvgIpc) is 2.68. The van der Waals surface area contributed by atoms with Crippen LogP contribution < -0.4 is 10.1 Å². The second-order valence-electron chi connectivity index (χ2n) is 7.85. The van der Waals surface area contributed by atoms with Gasteiger partial charge in [-0.15, -0.1) is 0 Å². The fraction of sp³-hybridized carbons (Fsp3) is 0.409. The van der Waals surface area contributed by atoms with E-state index in [1.165, 1.54) is 12.1 Å². The third-order valence-corrected chi connectivity index (χ3v) is 6.87. The number of carbonyl (C=O) groups is 1. The Morgan fingerprint density at radius 1 is 1.03 bits per heavy atom. The van der Waals surface area contributed by atoms with Crippen LogP contribution in [0.25, 0.3) is 0 Å². The van der Waals surface area contributed by atoms with Crippen molar-refractivity contribution >= 4 is 21.6 Å². The standard InChI is InChI=1S/C22H28N2O4S/c1-16-13-17(2)15-24(14-16)29(26,27)21-11-9-19(10-12-21)23-22(25)18(3)28-20-7-5-4-6-8-20/h4-12,16-18H,13-15H2,1-3H3,(H,23,25)/t16-,17-,18+/m0/s1. The minimum atomic E-state index is -3.53. The van der Waals surface area contributed by atoms with Gasteiger partial charge >= 0.3 is 0 Å². The van der Waals surface area contributed by atoms with E-state index in [1.54, 1.807) is 35.5 Å². The maximum absolute atomic E-state index is 12.9. The summed E-state index contributed by atoms with van der Waals surface area (Å²) in [6.45, 7) is 6.91. The van der Waals surface area contributed by atoms with Crippen LogP contribution in [0, 0.1) is 11.8 Å². The fourth-order valence-electron chi connectivity index (χ4n) is 3.66. The number of sulfonamides is 1. The van der Waals surface area contributed by atoms with Gasteiger partial charge in [-0.1, -0.05) is 32.0 Å². The topological polar surface area (TPSA) is 75.7 Å². The number of nitrogens with zero attached hydrogens (tertiary/aromatic N) is 1. The Bertz CT molecular complexity index is 919. The lowest BCUT2D eigenvalue weighted by molar-refractivity contribution is -0.122. The number of carbonyl (C=O) groups excluding carboxylic acids is 1. The highest BCUT2D eigenvalue weighted by Crippen LogP contribution is 2.27. The number of piperidine rings is 1. The van der Waals surface area contributed by atoms with Crippen molar-refractivity contribution in [3.8, 4) is 5.75 Å². The average molecular weight is 417 g/mol. The van der Waals surface area contributed by atoms with Gasteiger partial charge in [0.1, 0.15) is 5.75 Å². The highest BCUT2D eigenvalue weighted by Gasteiger charge is 2.31. The molecule has 2 aromatic rings. The van der Waals surface area contributed by atoms with Crippen LogP contribution in [0.15, 0.2) is 59.5 Å². The molecule has 1 N–H and O–H groups in total. The summed E-state index contributed by atoms with van der Waals surface area (Å²) in [4.78, 5) is 12.6. The summed E-state index contributed by atoms with van der Waals surface area (Å²) in [6.07, 6.45) is 0.359. The van der Waals surface area contributed by atoms with Crippen molar-refractivity contribution in [1.29, 1.82) is 0 Å². The van der Waals surface area contributed by atoms with E-state index in [4.69, 9.17) is 4.74 Å². The highest BCUT2D eigenvalue weighted by molar-refractivity contribution is 7.89. The zero-order valence-electron chi connectivity index (χ0n) is 17.0. The fourth-order valence-corrected chi connectivity index (χ4v) is 5.34. The molecule has 1 amide bonds. The molecule has 1 aliphatic heterocycles. The molecule has 156 valence electrons. The zero-order valence-corrected chi connectivity index (χ0v) is 17.9. The van der Waals surface area contributed by atoms with E-state index in [-0.39, 0.29) is 10.8 Å². The van der Waals surface area contributed by atoms with Crippen LogP contribution in [0.2, 0.25) is 0 Å². The maximum atomic E-state index is 12.9. The molecule has 0 radical (unpaired) electrons. The number of rotatable bonds is 6. The van der Waals surface area contributed by atoms with Crippen LogP contribution in [0.3, 0.4) is 0 Å². The molecule has 3 rings (SSSR count). The Morgan fingerprint density at radius 3 is 2.21 bits per heavy atom. The van der Waals surface area contributed by atoms with Crippen molar-refractivity contribution in [1.82, 2.24) is 4.31 Å². The predicted octanol–water partition coefficient (Wildman–Crippen LogP) is 3.76. The largest absolute Gasteiger partial charge is 0.481 e. The Kier molecular flexibility index (Phi) is 6.59. The molecular formula is C22H28N2O4S. The first-order valence-electron chi connectivity index (χ1n) is 9.88. The van der Waals surface area contributed by atoms with Crippen LogP contribution in [-0.2, 0) is 14.8 Å². The van der Waals surface area contributed by atoms with Crippen molar-refractivity contribution in [2.45, 2.75) is 38.2 Å². The summed E-state index contributed by atoms with van der Waals surface area (Å²) >= 11 is 0. The van der Waals surface area contributed by atoms with E-state index in [2.05, 4.69) is 19.2 Å². The first kappa shape index (κ1) is 21.3.